The summed E-state index contributed by atoms with van der Waals surface area (Å²) in [6.07, 6.45) is 13.4. The van der Waals surface area contributed by atoms with Crippen molar-refractivity contribution in [2.75, 3.05) is 0 Å². The Bertz CT molecular complexity index is 6340. The number of rotatable bonds is 13. The Labute approximate surface area is 841 Å². The van der Waals surface area contributed by atoms with Crippen LogP contribution in [0.2, 0.25) is 0 Å². The molecule has 8 heterocycles. The van der Waals surface area contributed by atoms with Crippen molar-refractivity contribution in [1.82, 2.24) is 39.9 Å². The molecule has 16 heteroatoms. The monoisotopic (exact) mass is 2470 g/mol. The molecule has 8 aromatic heterocycles. The van der Waals surface area contributed by atoms with Gasteiger partial charge in [0.1, 0.15) is 11.5 Å². The maximum Gasteiger partial charge on any atom is 0.164 e. The fourth-order valence-corrected chi connectivity index (χ4v) is 13.7. The molecule has 9 aromatic carbocycles. The van der Waals surface area contributed by atoms with Crippen molar-refractivity contribution < 1.29 is 100 Å². The van der Waals surface area contributed by atoms with Gasteiger partial charge in [0, 0.05) is 151 Å². The maximum absolute atomic E-state index is 11.5. The Morgan fingerprint density at radius 3 is 1.23 bits per heavy atom. The molecule has 2 N–H and O–H groups in total. The second-order valence-corrected chi connectivity index (χ2v) is 33.9. The van der Waals surface area contributed by atoms with Crippen LogP contribution in [0, 0.1) is 89.5 Å². The standard InChI is InChI=1S/C21H22N.2C18H14N.C17H14N.C11H10N2.C11H12O2.C11H20O2.C10H8N2.4Ir/c1-14(2)9-17-13-21(18-11-15(3)10-16(4)12-18)22-20-8-6-5-7-19(17)20;2*1-14-12-18(16-10-6-3-7-11-16)19-13-17(14)15-8-4-2-5-9-15;1-12-9-13(2)11-15(10-12)17-8-7-14-5-3-4-6-16(14)18-17;1-9-5-7-13-11(8-9)10-4-2-3-6-12-10;1-8(12)11(9(2)13)10-6-4-3-5-7-10;1-10(2,3)8(12)7-9(13)11(4,5)6;1-3-7-11-9(5-1)10-6-2-4-8-12-10;;;;/h5-8,10-11,13-14H,9H2,1-4H3;2*2-10,12-13H,1H3;3-10H,1-2H3;2-8H,1H3;3-7,12H,1-2H3;7,12H,1-6H3;1-8H;;;;/q4*-1;;;;;;;;. The van der Waals surface area contributed by atoms with E-state index in [1.165, 1.54) is 86.3 Å². The van der Waals surface area contributed by atoms with Gasteiger partial charge in [-0.1, -0.05) is 259 Å². The van der Waals surface area contributed by atoms with Gasteiger partial charge in [0.2, 0.25) is 0 Å². The van der Waals surface area contributed by atoms with Crippen LogP contribution in [-0.4, -0.2) is 61.7 Å². The van der Waals surface area contributed by atoms with E-state index in [0.717, 1.165) is 102 Å². The number of Topliss-reactive ketones (excluding diaryl/α,β-unsaturated/α-hetero) is 1. The maximum atomic E-state index is 11.5. The molecule has 0 aliphatic carbocycles. The first-order chi connectivity index (χ1) is 61.9. The molecule has 686 valence electrons. The first-order valence-electron chi connectivity index (χ1n) is 43.3. The number of aliphatic hydroxyl groups is 2. The van der Waals surface area contributed by atoms with E-state index in [0.29, 0.717) is 11.5 Å². The Hall–Kier alpha value is -12.3. The van der Waals surface area contributed by atoms with Gasteiger partial charge in [-0.3, -0.25) is 39.5 Å². The molecule has 0 aliphatic rings. The summed E-state index contributed by atoms with van der Waals surface area (Å²) in [5, 5.41) is 21.3. The zero-order chi connectivity index (χ0) is 92.4. The molecule has 17 rings (SSSR count). The van der Waals surface area contributed by atoms with Crippen molar-refractivity contribution in [2.45, 2.75) is 124 Å². The van der Waals surface area contributed by atoms with Gasteiger partial charge in [0.15, 0.2) is 11.6 Å². The van der Waals surface area contributed by atoms with Gasteiger partial charge in [-0.05, 0) is 175 Å². The summed E-state index contributed by atoms with van der Waals surface area (Å²) < 4.78 is 0. The minimum Gasteiger partial charge on any atom is -0.512 e. The molecule has 0 bridgehead atoms. The zero-order valence-corrected chi connectivity index (χ0v) is 88.0. The van der Waals surface area contributed by atoms with Crippen molar-refractivity contribution in [3.8, 4) is 90.1 Å². The Morgan fingerprint density at radius 1 is 0.376 bits per heavy atom. The molecule has 0 atom stereocenters. The summed E-state index contributed by atoms with van der Waals surface area (Å²) in [6.45, 7) is 33.3. The van der Waals surface area contributed by atoms with Crippen LogP contribution in [0.3, 0.4) is 0 Å². The van der Waals surface area contributed by atoms with Gasteiger partial charge in [0.05, 0.1) is 39.4 Å². The number of hydrogen-bond donors (Lipinski definition) is 2. The van der Waals surface area contributed by atoms with Gasteiger partial charge >= 0.3 is 0 Å². The predicted molar refractivity (Wildman–Crippen MR) is 534 cm³/mol. The molecule has 12 nitrogen and oxygen atoms in total. The second kappa shape index (κ2) is 54.6. The molecule has 0 spiro atoms. The number of ketones is 2. The third kappa shape index (κ3) is 34.7. The van der Waals surface area contributed by atoms with Crippen LogP contribution in [0.15, 0.2) is 364 Å². The number of aryl methyl sites for hydroxylation is 7. The molecule has 0 fully saturated rings. The summed E-state index contributed by atoms with van der Waals surface area (Å²) in [4.78, 5) is 58.2. The number of carbonyl (C=O) groups is 2. The minimum absolute atomic E-state index is 0. The van der Waals surface area contributed by atoms with Gasteiger partial charge < -0.3 is 20.2 Å². The molecule has 4 radical (unpaired) electrons. The van der Waals surface area contributed by atoms with Crippen LogP contribution >= 0.6 is 0 Å². The third-order valence-electron chi connectivity index (χ3n) is 20.2. The van der Waals surface area contributed by atoms with Crippen LogP contribution in [-0.2, 0) is 96.4 Å². The normalized spacial score (nSPS) is 10.7. The van der Waals surface area contributed by atoms with Crippen LogP contribution in [0.25, 0.3) is 117 Å². The van der Waals surface area contributed by atoms with E-state index >= 15 is 0 Å². The summed E-state index contributed by atoms with van der Waals surface area (Å²) in [7, 11) is 0. The van der Waals surface area contributed by atoms with Gasteiger partial charge in [-0.25, -0.2) is 0 Å². The summed E-state index contributed by atoms with van der Waals surface area (Å²) in [5.74, 6) is 0.680. The zero-order valence-electron chi connectivity index (χ0n) is 78.4. The van der Waals surface area contributed by atoms with Gasteiger partial charge in [0.25, 0.3) is 0 Å². The predicted octanol–water partition coefficient (Wildman–Crippen LogP) is 29.1. The SMILES string of the molecule is CC(=O)C(=C(C)O)c1ccccc1.CC(C)(C)C(=O)C=C(O)C(C)(C)C.Cc1[c-]c(-c2cc(CC(C)C)c3ccccc3n2)cc(C)c1.Cc1[c-]c(-c2ccc3ccccc3n2)cc(C)c1.Cc1cc(-c2[c-]cccc2)ncc1-c1ccccc1.Cc1cc(-c2[c-]cccc2)ncc1-c1ccccc1.Cc1ccnc(-c2ccccn2)c1.[Ir].[Ir].[Ir].[Ir].c1ccc(-c2ccccn2)nc1. The van der Waals surface area contributed by atoms with E-state index in [4.69, 9.17) is 9.97 Å². The van der Waals surface area contributed by atoms with Crippen molar-refractivity contribution in [1.29, 1.82) is 0 Å². The Morgan fingerprint density at radius 2 is 0.805 bits per heavy atom. The van der Waals surface area contributed by atoms with E-state index in [9.17, 15) is 19.8 Å². The second-order valence-electron chi connectivity index (χ2n) is 33.9. The smallest absolute Gasteiger partial charge is 0.164 e. The quantitative estimate of drug-likeness (QED) is 0.0635. The number of nitrogens with zero attached hydrogens (tertiary/aromatic N) is 8. The molecule has 17 aromatic rings. The van der Waals surface area contributed by atoms with E-state index in [1.54, 1.807) is 36.9 Å². The molecule has 0 unspecified atom stereocenters. The van der Waals surface area contributed by atoms with E-state index in [1.807, 2.05) is 249 Å². The van der Waals surface area contributed by atoms with Gasteiger partial charge in [-0.15, -0.1) is 142 Å². The number of aromatic nitrogens is 8. The number of fused-ring (bicyclic) bond motifs is 2. The molecule has 0 saturated carbocycles. The Balaban J connectivity index is 0.000000235. The molecule has 133 heavy (non-hydrogen) atoms. The van der Waals surface area contributed by atoms with Crippen LogP contribution in [0.4, 0.5) is 0 Å². The number of pyridine rings is 8. The molecular formula is C117H114Ir4N8O4-4. The van der Waals surface area contributed by atoms with Crippen molar-refractivity contribution in [2.24, 2.45) is 16.7 Å². The number of carbonyl (C=O) groups excluding carboxylic acids is 2. The van der Waals surface area contributed by atoms with E-state index in [-0.39, 0.29) is 109 Å². The number of para-hydroxylation sites is 2. The number of allylic oxidation sites excluding steroid dienone is 4. The van der Waals surface area contributed by atoms with E-state index < -0.39 is 5.41 Å². The molecule has 0 amide bonds. The van der Waals surface area contributed by atoms with Crippen molar-refractivity contribution in [3.05, 3.63) is 438 Å². The first-order valence-corrected chi connectivity index (χ1v) is 43.3. The molecule has 0 aliphatic heterocycles. The number of hydrogen-bond acceptors (Lipinski definition) is 12. The summed E-state index contributed by atoms with van der Waals surface area (Å²) in [5.41, 5.74) is 29.0. The Kier molecular flexibility index (Phi) is 45.0. The van der Waals surface area contributed by atoms with Crippen LogP contribution < -0.4 is 0 Å². The summed E-state index contributed by atoms with van der Waals surface area (Å²) in [6, 6.07) is 116. The summed E-state index contributed by atoms with van der Waals surface area (Å²) >= 11 is 0. The van der Waals surface area contributed by atoms with Crippen LogP contribution in [0.5, 0.6) is 0 Å². The van der Waals surface area contributed by atoms with Crippen molar-refractivity contribution in [3.63, 3.8) is 0 Å². The number of aliphatic hydroxyl groups excluding tert-OH is 2. The average molecular weight is 2470 g/mol. The van der Waals surface area contributed by atoms with E-state index in [2.05, 4.69) is 219 Å². The minimum atomic E-state index is -0.417. The molecule has 0 saturated heterocycles. The fraction of sp³-hybridized carbons (Fsp3) is 0.179. The van der Waals surface area contributed by atoms with Crippen molar-refractivity contribution >= 4 is 38.9 Å². The number of benzene rings is 9. The third-order valence-corrected chi connectivity index (χ3v) is 20.2. The fourth-order valence-electron chi connectivity index (χ4n) is 13.7. The van der Waals surface area contributed by atoms with Gasteiger partial charge in [-0.2, -0.15) is 0 Å². The topological polar surface area (TPSA) is 178 Å². The molecular weight excluding hydrogens is 2350 g/mol. The average Bonchev–Trinajstić information content (AvgIpc) is 0.780. The largest absolute Gasteiger partial charge is 0.512 e. The first kappa shape index (κ1) is 109. The van der Waals surface area contributed by atoms with Crippen LogP contribution in [0.1, 0.15) is 119 Å².